The maximum Gasteiger partial charge on any atom is 0.244 e. The summed E-state index contributed by atoms with van der Waals surface area (Å²) >= 11 is 6.80. The van der Waals surface area contributed by atoms with Crippen molar-refractivity contribution in [2.45, 2.75) is 20.4 Å². The smallest absolute Gasteiger partial charge is 0.244 e. The third kappa shape index (κ3) is 3.25. The molecule has 0 radical (unpaired) electrons. The van der Waals surface area contributed by atoms with Crippen LogP contribution in [0.5, 0.6) is 0 Å². The number of nitrogens with one attached hydrogen (secondary N) is 2. The number of amides is 1. The van der Waals surface area contributed by atoms with Crippen molar-refractivity contribution in [2.24, 2.45) is 0 Å². The summed E-state index contributed by atoms with van der Waals surface area (Å²) in [6.45, 7) is 4.13. The zero-order valence-electron chi connectivity index (χ0n) is 12.8. The number of hydrogen-bond acceptors (Lipinski definition) is 4. The number of aryl methyl sites for hydroxylation is 1. The van der Waals surface area contributed by atoms with Gasteiger partial charge in [-0.3, -0.25) is 14.5 Å². The molecular formula is C16H16N4OS2. The van der Waals surface area contributed by atoms with Crippen molar-refractivity contribution in [1.29, 1.82) is 0 Å². The van der Waals surface area contributed by atoms with Crippen molar-refractivity contribution in [3.8, 4) is 10.7 Å². The first kappa shape index (κ1) is 15.6. The van der Waals surface area contributed by atoms with Gasteiger partial charge in [-0.2, -0.15) is 5.10 Å². The molecule has 0 bridgehead atoms. The molecule has 0 saturated carbocycles. The third-order valence-corrected chi connectivity index (χ3v) is 4.86. The standard InChI is InChI=1S/C16H16N4OS2/c1-10-5-3-6-12(11(10)2)17-14(21)9-20-15(18-19-16(20)22)13-7-4-8-23-13/h3-8H,9H2,1-2H3,(H,17,21)(H,19,22). The summed E-state index contributed by atoms with van der Waals surface area (Å²) in [5, 5.41) is 11.9. The molecule has 2 aromatic heterocycles. The van der Waals surface area contributed by atoms with Crippen molar-refractivity contribution in [2.75, 3.05) is 5.32 Å². The van der Waals surface area contributed by atoms with Crippen LogP contribution in [0.1, 0.15) is 11.1 Å². The maximum atomic E-state index is 12.4. The molecule has 0 atom stereocenters. The van der Waals surface area contributed by atoms with Gasteiger partial charge in [-0.25, -0.2) is 0 Å². The quantitative estimate of drug-likeness (QED) is 0.705. The Kier molecular flexibility index (Phi) is 4.40. The van der Waals surface area contributed by atoms with Gasteiger partial charge < -0.3 is 5.32 Å². The number of nitrogens with zero attached hydrogens (tertiary/aromatic N) is 2. The van der Waals surface area contributed by atoms with E-state index < -0.39 is 0 Å². The van der Waals surface area contributed by atoms with Crippen LogP contribution in [-0.2, 0) is 11.3 Å². The molecule has 0 aliphatic heterocycles. The van der Waals surface area contributed by atoms with E-state index >= 15 is 0 Å². The molecule has 1 amide bonds. The van der Waals surface area contributed by atoms with Gasteiger partial charge in [0.25, 0.3) is 0 Å². The van der Waals surface area contributed by atoms with Gasteiger partial charge in [-0.05, 0) is 54.7 Å². The number of benzene rings is 1. The number of carbonyl (C=O) groups excluding carboxylic acids is 1. The van der Waals surface area contributed by atoms with Crippen LogP contribution in [0.15, 0.2) is 35.7 Å². The molecule has 3 aromatic rings. The van der Waals surface area contributed by atoms with Gasteiger partial charge >= 0.3 is 0 Å². The fraction of sp³-hybridized carbons (Fsp3) is 0.188. The highest BCUT2D eigenvalue weighted by molar-refractivity contribution is 7.71. The summed E-state index contributed by atoms with van der Waals surface area (Å²) in [6, 6.07) is 9.74. The topological polar surface area (TPSA) is 62.7 Å². The minimum atomic E-state index is -0.131. The third-order valence-electron chi connectivity index (χ3n) is 3.68. The summed E-state index contributed by atoms with van der Waals surface area (Å²) in [7, 11) is 0. The first-order valence-corrected chi connectivity index (χ1v) is 8.40. The normalized spacial score (nSPS) is 10.7. The summed E-state index contributed by atoms with van der Waals surface area (Å²) in [4.78, 5) is 13.4. The lowest BCUT2D eigenvalue weighted by Crippen LogP contribution is -2.20. The zero-order valence-corrected chi connectivity index (χ0v) is 14.4. The molecule has 3 rings (SSSR count). The number of rotatable bonds is 4. The van der Waals surface area contributed by atoms with Crippen LogP contribution in [-0.4, -0.2) is 20.7 Å². The van der Waals surface area contributed by atoms with E-state index in [2.05, 4.69) is 15.5 Å². The van der Waals surface area contributed by atoms with Crippen LogP contribution < -0.4 is 5.32 Å². The van der Waals surface area contributed by atoms with Crippen LogP contribution in [0.3, 0.4) is 0 Å². The van der Waals surface area contributed by atoms with Crippen LogP contribution in [0.2, 0.25) is 0 Å². The van der Waals surface area contributed by atoms with Crippen LogP contribution in [0.25, 0.3) is 10.7 Å². The van der Waals surface area contributed by atoms with Crippen molar-refractivity contribution in [3.63, 3.8) is 0 Å². The Hall–Kier alpha value is -2.25. The van der Waals surface area contributed by atoms with E-state index in [0.29, 0.717) is 10.6 Å². The molecule has 0 fully saturated rings. The highest BCUT2D eigenvalue weighted by atomic mass is 32.1. The molecule has 0 saturated heterocycles. The summed E-state index contributed by atoms with van der Waals surface area (Å²) in [5.41, 5.74) is 3.03. The number of aromatic amines is 1. The second-order valence-corrected chi connectivity index (χ2v) is 6.55. The van der Waals surface area contributed by atoms with E-state index in [0.717, 1.165) is 21.7 Å². The highest BCUT2D eigenvalue weighted by Gasteiger charge is 2.14. The van der Waals surface area contributed by atoms with Crippen molar-refractivity contribution < 1.29 is 4.79 Å². The molecule has 0 spiro atoms. The molecule has 2 heterocycles. The first-order valence-electron chi connectivity index (χ1n) is 7.11. The summed E-state index contributed by atoms with van der Waals surface area (Å²) < 4.78 is 2.14. The van der Waals surface area contributed by atoms with Crippen molar-refractivity contribution >= 4 is 35.1 Å². The molecule has 7 heteroatoms. The first-order chi connectivity index (χ1) is 11.1. The number of hydrogen-bond donors (Lipinski definition) is 2. The Bertz CT molecular complexity index is 893. The second-order valence-electron chi connectivity index (χ2n) is 5.21. The Balaban J connectivity index is 1.83. The van der Waals surface area contributed by atoms with Gasteiger partial charge in [0.15, 0.2) is 10.6 Å². The van der Waals surface area contributed by atoms with E-state index in [1.165, 1.54) is 0 Å². The second kappa shape index (κ2) is 6.47. The van der Waals surface area contributed by atoms with E-state index in [1.807, 2.05) is 49.6 Å². The number of thiophene rings is 1. The fourth-order valence-corrected chi connectivity index (χ4v) is 3.20. The van der Waals surface area contributed by atoms with Gasteiger partial charge in [0.2, 0.25) is 5.91 Å². The Morgan fingerprint density at radius 3 is 2.91 bits per heavy atom. The van der Waals surface area contributed by atoms with Crippen LogP contribution in [0.4, 0.5) is 5.69 Å². The number of anilines is 1. The molecule has 2 N–H and O–H groups in total. The lowest BCUT2D eigenvalue weighted by atomic mass is 10.1. The van der Waals surface area contributed by atoms with Gasteiger partial charge in [0.05, 0.1) is 4.88 Å². The molecule has 23 heavy (non-hydrogen) atoms. The molecule has 118 valence electrons. The van der Waals surface area contributed by atoms with Gasteiger partial charge in [-0.1, -0.05) is 18.2 Å². The lowest BCUT2D eigenvalue weighted by Gasteiger charge is -2.11. The fourth-order valence-electron chi connectivity index (χ4n) is 2.28. The largest absolute Gasteiger partial charge is 0.324 e. The average Bonchev–Trinajstić information content (AvgIpc) is 3.15. The molecule has 1 aromatic carbocycles. The summed E-state index contributed by atoms with van der Waals surface area (Å²) in [6.07, 6.45) is 0. The van der Waals surface area contributed by atoms with Crippen molar-refractivity contribution in [3.05, 3.63) is 51.6 Å². The molecule has 5 nitrogen and oxygen atoms in total. The maximum absolute atomic E-state index is 12.4. The van der Waals surface area contributed by atoms with Crippen LogP contribution >= 0.6 is 23.6 Å². The summed E-state index contributed by atoms with van der Waals surface area (Å²) in [5.74, 6) is 0.551. The molecule has 0 aliphatic rings. The van der Waals surface area contributed by atoms with Gasteiger partial charge in [0, 0.05) is 5.69 Å². The van der Waals surface area contributed by atoms with Gasteiger partial charge in [-0.15, -0.1) is 11.3 Å². The lowest BCUT2D eigenvalue weighted by molar-refractivity contribution is -0.116. The average molecular weight is 344 g/mol. The van der Waals surface area contributed by atoms with Crippen LogP contribution in [0, 0.1) is 18.6 Å². The Morgan fingerprint density at radius 1 is 1.35 bits per heavy atom. The van der Waals surface area contributed by atoms with E-state index in [1.54, 1.807) is 15.9 Å². The Morgan fingerprint density at radius 2 is 2.17 bits per heavy atom. The van der Waals surface area contributed by atoms with E-state index in [-0.39, 0.29) is 12.5 Å². The van der Waals surface area contributed by atoms with Gasteiger partial charge in [0.1, 0.15) is 6.54 Å². The van der Waals surface area contributed by atoms with Crippen molar-refractivity contribution in [1.82, 2.24) is 14.8 Å². The monoisotopic (exact) mass is 344 g/mol. The predicted molar refractivity (Wildman–Crippen MR) is 95.3 cm³/mol. The zero-order chi connectivity index (χ0) is 16.4. The number of aromatic nitrogens is 3. The van der Waals surface area contributed by atoms with E-state index in [4.69, 9.17) is 12.2 Å². The SMILES string of the molecule is Cc1cccc(NC(=O)Cn2c(-c3cccs3)n[nH]c2=S)c1C. The van der Waals surface area contributed by atoms with E-state index in [9.17, 15) is 4.79 Å². The molecular weight excluding hydrogens is 328 g/mol. The molecule has 0 aliphatic carbocycles. The highest BCUT2D eigenvalue weighted by Crippen LogP contribution is 2.23. The Labute approximate surface area is 143 Å². The minimum Gasteiger partial charge on any atom is -0.324 e. The molecule has 0 unspecified atom stereocenters. The predicted octanol–water partition coefficient (Wildman–Crippen LogP) is 3.92. The minimum absolute atomic E-state index is 0.121. The number of carbonyl (C=O) groups is 1. The number of H-pyrrole nitrogens is 1.